The van der Waals surface area contributed by atoms with Gasteiger partial charge < -0.3 is 9.64 Å². The first kappa shape index (κ1) is 15.4. The summed E-state index contributed by atoms with van der Waals surface area (Å²) in [5.74, 6) is 0. The Morgan fingerprint density at radius 3 is 2.42 bits per heavy atom. The van der Waals surface area contributed by atoms with Gasteiger partial charge in [0.05, 0.1) is 0 Å². The van der Waals surface area contributed by atoms with Crippen LogP contribution in [0.1, 0.15) is 25.5 Å². The van der Waals surface area contributed by atoms with Crippen molar-refractivity contribution < 1.29 is 9.66 Å². The van der Waals surface area contributed by atoms with E-state index in [1.807, 2.05) is 36.9 Å². The SMILES string of the molecule is CCN(CC)C(=S)OC(C[N+](=O)[O-])c1ccccc1. The summed E-state index contributed by atoms with van der Waals surface area (Å²) in [5.41, 5.74) is 0.758. The van der Waals surface area contributed by atoms with Gasteiger partial charge in [0.1, 0.15) is 0 Å². The molecule has 104 valence electrons. The van der Waals surface area contributed by atoms with E-state index in [2.05, 4.69) is 0 Å². The lowest BCUT2D eigenvalue weighted by Crippen LogP contribution is -2.33. The predicted octanol–water partition coefficient (Wildman–Crippen LogP) is 2.65. The number of ether oxygens (including phenoxy) is 1. The minimum absolute atomic E-state index is 0.300. The van der Waals surface area contributed by atoms with E-state index in [-0.39, 0.29) is 11.5 Å². The standard InChI is InChI=1S/C13H18N2O3S/c1-3-14(4-2)13(19)18-12(10-15(16)17)11-8-6-5-7-9-11/h5-9,12H,3-4,10H2,1-2H3. The Kier molecular flexibility index (Phi) is 6.21. The number of nitrogens with zero attached hydrogens (tertiary/aromatic N) is 2. The van der Waals surface area contributed by atoms with E-state index in [0.29, 0.717) is 5.17 Å². The van der Waals surface area contributed by atoms with Crippen molar-refractivity contribution in [3.05, 3.63) is 46.0 Å². The Balaban J connectivity index is 2.81. The van der Waals surface area contributed by atoms with Crippen LogP contribution in [-0.2, 0) is 4.74 Å². The van der Waals surface area contributed by atoms with E-state index in [4.69, 9.17) is 17.0 Å². The highest BCUT2D eigenvalue weighted by Crippen LogP contribution is 2.18. The van der Waals surface area contributed by atoms with Gasteiger partial charge in [-0.25, -0.2) is 0 Å². The molecule has 5 nitrogen and oxygen atoms in total. The lowest BCUT2D eigenvalue weighted by Gasteiger charge is -2.24. The minimum atomic E-state index is -0.649. The molecule has 1 atom stereocenters. The minimum Gasteiger partial charge on any atom is -0.456 e. The van der Waals surface area contributed by atoms with Crippen LogP contribution < -0.4 is 0 Å². The van der Waals surface area contributed by atoms with Crippen molar-refractivity contribution in [1.82, 2.24) is 4.90 Å². The third kappa shape index (κ3) is 4.82. The molecule has 0 aliphatic carbocycles. The largest absolute Gasteiger partial charge is 0.456 e. The van der Waals surface area contributed by atoms with Gasteiger partial charge in [-0.2, -0.15) is 0 Å². The quantitative estimate of drug-likeness (QED) is 0.456. The third-order valence-electron chi connectivity index (χ3n) is 2.75. The first-order valence-electron chi connectivity index (χ1n) is 6.20. The number of benzene rings is 1. The van der Waals surface area contributed by atoms with Crippen LogP contribution in [0.25, 0.3) is 0 Å². The van der Waals surface area contributed by atoms with Crippen LogP contribution in [0, 0.1) is 10.1 Å². The zero-order chi connectivity index (χ0) is 14.3. The summed E-state index contributed by atoms with van der Waals surface area (Å²) in [6.45, 7) is 5.06. The van der Waals surface area contributed by atoms with Crippen molar-refractivity contribution in [2.45, 2.75) is 20.0 Å². The van der Waals surface area contributed by atoms with Gasteiger partial charge in [-0.3, -0.25) is 10.1 Å². The molecule has 0 spiro atoms. The van der Waals surface area contributed by atoms with Crippen LogP contribution >= 0.6 is 12.2 Å². The molecule has 1 aromatic rings. The van der Waals surface area contributed by atoms with E-state index in [9.17, 15) is 10.1 Å². The zero-order valence-electron chi connectivity index (χ0n) is 11.1. The molecule has 1 rings (SSSR count). The molecule has 0 radical (unpaired) electrons. The smallest absolute Gasteiger partial charge is 0.260 e. The van der Waals surface area contributed by atoms with Crippen molar-refractivity contribution in [3.8, 4) is 0 Å². The topological polar surface area (TPSA) is 55.6 Å². The molecule has 0 aliphatic heterocycles. The average Bonchev–Trinajstić information content (AvgIpc) is 2.40. The number of thiocarbonyl (C=S) groups is 1. The highest BCUT2D eigenvalue weighted by atomic mass is 32.1. The maximum atomic E-state index is 10.7. The second-order valence-corrected chi connectivity index (χ2v) is 4.32. The van der Waals surface area contributed by atoms with Gasteiger partial charge in [-0.1, -0.05) is 30.3 Å². The maximum Gasteiger partial charge on any atom is 0.260 e. The Hall–Kier alpha value is -1.69. The molecule has 0 aromatic heterocycles. The fourth-order valence-corrected chi connectivity index (χ4v) is 2.07. The average molecular weight is 282 g/mol. The Bertz CT molecular complexity index is 421. The molecule has 19 heavy (non-hydrogen) atoms. The maximum absolute atomic E-state index is 10.7. The molecule has 0 N–H and O–H groups in total. The van der Waals surface area contributed by atoms with Crippen LogP contribution in [0.5, 0.6) is 0 Å². The van der Waals surface area contributed by atoms with Crippen molar-refractivity contribution in [1.29, 1.82) is 0 Å². The molecular formula is C13H18N2O3S. The molecule has 0 fully saturated rings. The lowest BCUT2D eigenvalue weighted by atomic mass is 10.1. The van der Waals surface area contributed by atoms with Gasteiger partial charge in [-0.15, -0.1) is 0 Å². The summed E-state index contributed by atoms with van der Waals surface area (Å²) >= 11 is 5.18. The van der Waals surface area contributed by atoms with Gasteiger partial charge >= 0.3 is 0 Å². The van der Waals surface area contributed by atoms with E-state index >= 15 is 0 Å². The van der Waals surface area contributed by atoms with Crippen LogP contribution in [0.2, 0.25) is 0 Å². The zero-order valence-corrected chi connectivity index (χ0v) is 11.9. The summed E-state index contributed by atoms with van der Waals surface area (Å²) < 4.78 is 5.61. The van der Waals surface area contributed by atoms with Crippen LogP contribution in [-0.4, -0.2) is 34.6 Å². The fraction of sp³-hybridized carbons (Fsp3) is 0.462. The van der Waals surface area contributed by atoms with Crippen molar-refractivity contribution in [2.75, 3.05) is 19.6 Å². The van der Waals surface area contributed by atoms with Crippen LogP contribution in [0.3, 0.4) is 0 Å². The van der Waals surface area contributed by atoms with Crippen LogP contribution in [0.4, 0.5) is 0 Å². The second kappa shape index (κ2) is 7.68. The summed E-state index contributed by atoms with van der Waals surface area (Å²) in [5, 5.41) is 11.0. The molecule has 0 saturated heterocycles. The number of rotatable bonds is 6. The van der Waals surface area contributed by atoms with E-state index in [1.54, 1.807) is 12.1 Å². The van der Waals surface area contributed by atoms with E-state index in [1.165, 1.54) is 0 Å². The molecule has 0 bridgehead atoms. The second-order valence-electron chi connectivity index (χ2n) is 3.97. The van der Waals surface area contributed by atoms with E-state index < -0.39 is 6.10 Å². The predicted molar refractivity (Wildman–Crippen MR) is 77.6 cm³/mol. The molecule has 0 saturated carbocycles. The van der Waals surface area contributed by atoms with Gasteiger partial charge in [0.2, 0.25) is 6.54 Å². The normalized spacial score (nSPS) is 11.7. The molecule has 1 unspecified atom stereocenters. The van der Waals surface area contributed by atoms with Crippen molar-refractivity contribution in [3.63, 3.8) is 0 Å². The summed E-state index contributed by atoms with van der Waals surface area (Å²) in [7, 11) is 0. The summed E-state index contributed by atoms with van der Waals surface area (Å²) in [4.78, 5) is 12.2. The van der Waals surface area contributed by atoms with Crippen molar-refractivity contribution >= 4 is 17.4 Å². The molecule has 0 aliphatic rings. The monoisotopic (exact) mass is 282 g/mol. The van der Waals surface area contributed by atoms with E-state index in [0.717, 1.165) is 18.7 Å². The first-order valence-corrected chi connectivity index (χ1v) is 6.61. The van der Waals surface area contributed by atoms with Gasteiger partial charge in [0.15, 0.2) is 6.10 Å². The summed E-state index contributed by atoms with van der Waals surface area (Å²) in [6.07, 6.45) is -0.649. The van der Waals surface area contributed by atoms with Crippen LogP contribution in [0.15, 0.2) is 30.3 Å². The number of hydrogen-bond acceptors (Lipinski definition) is 4. The third-order valence-corrected chi connectivity index (χ3v) is 3.11. The number of hydrogen-bond donors (Lipinski definition) is 0. The lowest BCUT2D eigenvalue weighted by molar-refractivity contribution is -0.490. The van der Waals surface area contributed by atoms with Crippen molar-refractivity contribution in [2.24, 2.45) is 0 Å². The Morgan fingerprint density at radius 2 is 1.95 bits per heavy atom. The van der Waals surface area contributed by atoms with Gasteiger partial charge in [0.25, 0.3) is 5.17 Å². The van der Waals surface area contributed by atoms with Gasteiger partial charge in [0, 0.05) is 18.0 Å². The summed E-state index contributed by atoms with van der Waals surface area (Å²) in [6, 6.07) is 9.12. The highest BCUT2D eigenvalue weighted by molar-refractivity contribution is 7.80. The Morgan fingerprint density at radius 1 is 1.37 bits per heavy atom. The Labute approximate surface area is 118 Å². The molecule has 0 amide bonds. The molecule has 6 heteroatoms. The molecule has 0 heterocycles. The highest BCUT2D eigenvalue weighted by Gasteiger charge is 2.22. The molecular weight excluding hydrogens is 264 g/mol. The molecule has 1 aromatic carbocycles. The number of nitro groups is 1. The fourth-order valence-electron chi connectivity index (χ4n) is 1.69. The van der Waals surface area contributed by atoms with Gasteiger partial charge in [-0.05, 0) is 31.6 Å². The first-order chi connectivity index (χ1) is 9.08.